The highest BCUT2D eigenvalue weighted by atomic mass is 16.3. The van der Waals surface area contributed by atoms with Gasteiger partial charge in [-0.15, -0.1) is 0 Å². The average Bonchev–Trinajstić information content (AvgIpc) is 3.34. The molecule has 2 atom stereocenters. The van der Waals surface area contributed by atoms with Gasteiger partial charge in [0.2, 0.25) is 5.91 Å². The topological polar surface area (TPSA) is 69.6 Å². The van der Waals surface area contributed by atoms with Crippen molar-refractivity contribution in [3.05, 3.63) is 109 Å². The predicted molar refractivity (Wildman–Crippen MR) is 303 cm³/mol. The van der Waals surface area contributed by atoms with Gasteiger partial charge in [-0.05, 0) is 89.9 Å². The number of amides is 1. The Hall–Kier alpha value is -2.95. The summed E-state index contributed by atoms with van der Waals surface area (Å²) in [6, 6.07) is -0.642. The molecule has 0 aliphatic rings. The smallest absolute Gasteiger partial charge is 0.220 e. The molecule has 4 heteroatoms. The summed E-state index contributed by atoms with van der Waals surface area (Å²) < 4.78 is 0. The Balaban J connectivity index is 3.50. The molecule has 68 heavy (non-hydrogen) atoms. The molecule has 0 rings (SSSR count). The molecular weight excluding hydrogens is 831 g/mol. The van der Waals surface area contributed by atoms with E-state index in [0.29, 0.717) is 6.42 Å². The highest BCUT2D eigenvalue weighted by molar-refractivity contribution is 5.76. The maximum Gasteiger partial charge on any atom is 0.220 e. The molecule has 1 amide bonds. The fourth-order valence-corrected chi connectivity index (χ4v) is 8.35. The second-order valence-corrected chi connectivity index (χ2v) is 19.3. The minimum absolute atomic E-state index is 0.0743. The lowest BCUT2D eigenvalue weighted by Gasteiger charge is -2.19. The van der Waals surface area contributed by atoms with E-state index in [2.05, 4.69) is 116 Å². The molecule has 0 aliphatic heterocycles. The summed E-state index contributed by atoms with van der Waals surface area (Å²) in [4.78, 5) is 12.5. The van der Waals surface area contributed by atoms with Crippen LogP contribution in [0.1, 0.15) is 271 Å². The number of nitrogens with one attached hydrogen (secondary N) is 1. The van der Waals surface area contributed by atoms with Gasteiger partial charge in [-0.2, -0.15) is 0 Å². The molecule has 0 saturated heterocycles. The van der Waals surface area contributed by atoms with Gasteiger partial charge in [-0.3, -0.25) is 4.79 Å². The fourth-order valence-electron chi connectivity index (χ4n) is 8.35. The normalized spacial score (nSPS) is 13.6. The Kier molecular flexibility index (Phi) is 55.8. The Morgan fingerprint density at radius 1 is 0.368 bits per heavy atom. The number of hydrogen-bond acceptors (Lipinski definition) is 3. The summed E-state index contributed by atoms with van der Waals surface area (Å²) in [6.07, 6.45) is 88.3. The lowest BCUT2D eigenvalue weighted by molar-refractivity contribution is -0.123. The van der Waals surface area contributed by atoms with Gasteiger partial charge >= 0.3 is 0 Å². The molecule has 0 heterocycles. The number of allylic oxidation sites excluding steroid dienone is 17. The zero-order chi connectivity index (χ0) is 49.2. The maximum absolute atomic E-state index is 12.5. The first-order valence-corrected chi connectivity index (χ1v) is 29.1. The molecule has 0 radical (unpaired) electrons. The standard InChI is InChI=1S/C64H111NO3/c1-3-5-7-9-11-13-15-17-19-20-21-22-23-24-25-26-27-28-29-30-31-32-33-34-35-36-37-38-39-40-41-42-43-44-46-48-50-52-54-56-58-60-64(68)65-62(61-66)63(67)59-57-55-53-51-49-47-45-18-16-14-12-10-8-6-4-2/h5,7,11,13,17,19,21-22,24-25,27-28,30-31,49,51,57,59,62-63,66-67H,3-4,6,8-10,12,14-16,18,20,23,26,29,32-48,50,52-56,58,60-61H2,1-2H3,(H,65,68)/b7-5-,13-11-,19-17-,22-21-,25-24-,28-27-,31-30-,51-49+,59-57+. The first-order valence-electron chi connectivity index (χ1n) is 29.1. The minimum atomic E-state index is -0.865. The third kappa shape index (κ3) is 54.0. The van der Waals surface area contributed by atoms with Crippen LogP contribution in [0.3, 0.4) is 0 Å². The predicted octanol–water partition coefficient (Wildman–Crippen LogP) is 19.5. The van der Waals surface area contributed by atoms with Crippen LogP contribution in [-0.4, -0.2) is 34.9 Å². The monoisotopic (exact) mass is 942 g/mol. The molecular formula is C64H111NO3. The highest BCUT2D eigenvalue weighted by Crippen LogP contribution is 2.16. The average molecular weight is 943 g/mol. The summed E-state index contributed by atoms with van der Waals surface area (Å²) in [6.45, 7) is 4.18. The molecule has 3 N–H and O–H groups in total. The van der Waals surface area contributed by atoms with E-state index in [9.17, 15) is 15.0 Å². The number of hydrogen-bond donors (Lipinski definition) is 3. The van der Waals surface area contributed by atoms with E-state index in [1.165, 1.54) is 173 Å². The Labute approximate surface area is 423 Å². The van der Waals surface area contributed by atoms with E-state index < -0.39 is 12.1 Å². The summed E-state index contributed by atoms with van der Waals surface area (Å²) in [5.41, 5.74) is 0. The van der Waals surface area contributed by atoms with E-state index in [4.69, 9.17) is 0 Å². The molecule has 0 fully saturated rings. The molecule has 0 aromatic rings. The van der Waals surface area contributed by atoms with Crippen molar-refractivity contribution in [3.8, 4) is 0 Å². The van der Waals surface area contributed by atoms with E-state index in [0.717, 1.165) is 77.0 Å². The third-order valence-electron chi connectivity index (χ3n) is 12.7. The largest absolute Gasteiger partial charge is 0.394 e. The molecule has 0 bridgehead atoms. The van der Waals surface area contributed by atoms with Crippen molar-refractivity contribution in [2.75, 3.05) is 6.61 Å². The quantitative estimate of drug-likeness (QED) is 0.0420. The number of aliphatic hydroxyl groups is 2. The van der Waals surface area contributed by atoms with Crippen LogP contribution in [0.2, 0.25) is 0 Å². The number of unbranched alkanes of at least 4 members (excludes halogenated alkanes) is 29. The molecule has 4 nitrogen and oxygen atoms in total. The van der Waals surface area contributed by atoms with Crippen molar-refractivity contribution in [1.29, 1.82) is 0 Å². The summed E-state index contributed by atoms with van der Waals surface area (Å²) in [5.74, 6) is -0.0743. The van der Waals surface area contributed by atoms with Gasteiger partial charge in [-0.1, -0.05) is 284 Å². The lowest BCUT2D eigenvalue weighted by atomic mass is 10.0. The van der Waals surface area contributed by atoms with Crippen LogP contribution in [-0.2, 0) is 4.79 Å². The first-order chi connectivity index (χ1) is 33.7. The lowest BCUT2D eigenvalue weighted by Crippen LogP contribution is -2.45. The van der Waals surface area contributed by atoms with Gasteiger partial charge in [0.1, 0.15) is 0 Å². The SMILES string of the molecule is CC/C=C\C/C=C\C/C=C\C/C=C\C/C=C\C/C=C\C/C=C\CCCCCCCCCCCCCCCCCCCCCC(=O)NC(CO)C(O)/C=C/CC/C=C/CCCCCCCCCCC. The molecule has 0 saturated carbocycles. The highest BCUT2D eigenvalue weighted by Gasteiger charge is 2.18. The van der Waals surface area contributed by atoms with Crippen LogP contribution in [0.15, 0.2) is 109 Å². The van der Waals surface area contributed by atoms with Gasteiger partial charge in [0.25, 0.3) is 0 Å². The summed E-state index contributed by atoms with van der Waals surface area (Å²) >= 11 is 0. The molecule has 0 aliphatic carbocycles. The van der Waals surface area contributed by atoms with Crippen LogP contribution in [0, 0.1) is 0 Å². The van der Waals surface area contributed by atoms with Gasteiger partial charge in [-0.25, -0.2) is 0 Å². The Morgan fingerprint density at radius 2 is 0.662 bits per heavy atom. The number of aliphatic hydroxyl groups excluding tert-OH is 2. The Morgan fingerprint density at radius 3 is 1.03 bits per heavy atom. The number of carbonyl (C=O) groups excluding carboxylic acids is 1. The maximum atomic E-state index is 12.5. The van der Waals surface area contributed by atoms with Crippen molar-refractivity contribution in [1.82, 2.24) is 5.32 Å². The second-order valence-electron chi connectivity index (χ2n) is 19.3. The van der Waals surface area contributed by atoms with Crippen LogP contribution in [0.25, 0.3) is 0 Å². The van der Waals surface area contributed by atoms with Gasteiger partial charge in [0, 0.05) is 6.42 Å². The van der Waals surface area contributed by atoms with Crippen molar-refractivity contribution in [2.45, 2.75) is 283 Å². The zero-order valence-corrected chi connectivity index (χ0v) is 44.8. The van der Waals surface area contributed by atoms with Crippen molar-refractivity contribution in [3.63, 3.8) is 0 Å². The van der Waals surface area contributed by atoms with Crippen LogP contribution < -0.4 is 5.32 Å². The van der Waals surface area contributed by atoms with E-state index in [1.54, 1.807) is 6.08 Å². The fraction of sp³-hybridized carbons (Fsp3) is 0.703. The number of rotatable bonds is 52. The molecule has 2 unspecified atom stereocenters. The zero-order valence-electron chi connectivity index (χ0n) is 44.8. The van der Waals surface area contributed by atoms with Gasteiger partial charge in [0.05, 0.1) is 18.8 Å². The second kappa shape index (κ2) is 58.4. The van der Waals surface area contributed by atoms with Crippen LogP contribution in [0.5, 0.6) is 0 Å². The third-order valence-corrected chi connectivity index (χ3v) is 12.7. The van der Waals surface area contributed by atoms with Crippen molar-refractivity contribution < 1.29 is 15.0 Å². The van der Waals surface area contributed by atoms with Crippen molar-refractivity contribution >= 4 is 5.91 Å². The van der Waals surface area contributed by atoms with Crippen molar-refractivity contribution in [2.24, 2.45) is 0 Å². The van der Waals surface area contributed by atoms with E-state index in [-0.39, 0.29) is 12.5 Å². The minimum Gasteiger partial charge on any atom is -0.394 e. The molecule has 0 aromatic carbocycles. The molecule has 0 spiro atoms. The first kappa shape index (κ1) is 65.0. The molecule has 0 aromatic heterocycles. The van der Waals surface area contributed by atoms with Gasteiger partial charge < -0.3 is 15.5 Å². The Bertz CT molecular complexity index is 1300. The van der Waals surface area contributed by atoms with E-state index >= 15 is 0 Å². The summed E-state index contributed by atoms with van der Waals surface area (Å²) in [5, 5.41) is 23.1. The number of carbonyl (C=O) groups is 1. The molecule has 390 valence electrons. The van der Waals surface area contributed by atoms with Crippen LogP contribution in [0.4, 0.5) is 0 Å². The van der Waals surface area contributed by atoms with Crippen LogP contribution >= 0.6 is 0 Å². The van der Waals surface area contributed by atoms with E-state index in [1.807, 2.05) is 6.08 Å². The summed E-state index contributed by atoms with van der Waals surface area (Å²) in [7, 11) is 0. The van der Waals surface area contributed by atoms with Gasteiger partial charge in [0.15, 0.2) is 0 Å².